The van der Waals surface area contributed by atoms with Crippen LogP contribution in [0, 0.1) is 0 Å². The molecule has 0 bridgehead atoms. The van der Waals surface area contributed by atoms with Crippen LogP contribution in [0.1, 0.15) is 0 Å². The van der Waals surface area contributed by atoms with Crippen molar-refractivity contribution < 1.29 is 0 Å². The summed E-state index contributed by atoms with van der Waals surface area (Å²) in [4.78, 5) is 0. The first-order valence-electron chi connectivity index (χ1n) is 2.13. The Balaban J connectivity index is 2.45. The number of nitrogens with zero attached hydrogens (tertiary/aromatic N) is 2. The van der Waals surface area contributed by atoms with Crippen LogP contribution in [0.25, 0.3) is 0 Å². The molecule has 1 aliphatic heterocycles. The third-order valence-electron chi connectivity index (χ3n) is 0.924. The molecule has 0 aliphatic carbocycles. The number of rotatable bonds is 0. The van der Waals surface area contributed by atoms with Crippen LogP contribution in [-0.2, 0) is 0 Å². The van der Waals surface area contributed by atoms with Crippen molar-refractivity contribution in [3.8, 4) is 0 Å². The van der Waals surface area contributed by atoms with Gasteiger partial charge in [0.2, 0.25) is 0 Å². The second-order valence-electron chi connectivity index (χ2n) is 1.51. The topological polar surface area (TPSA) is 6.48 Å². The van der Waals surface area contributed by atoms with Gasteiger partial charge in [0, 0.05) is 19.8 Å². The van der Waals surface area contributed by atoms with Crippen LogP contribution in [-0.4, -0.2) is 22.6 Å². The summed E-state index contributed by atoms with van der Waals surface area (Å²) in [6.45, 7) is 1.01. The van der Waals surface area contributed by atoms with Crippen LogP contribution in [0.2, 0.25) is 0 Å². The van der Waals surface area contributed by atoms with Gasteiger partial charge < -0.3 is 0 Å². The summed E-state index contributed by atoms with van der Waals surface area (Å²) < 4.78 is 1.87. The van der Waals surface area contributed by atoms with Gasteiger partial charge in [-0.15, -0.1) is 0 Å². The highest BCUT2D eigenvalue weighted by Crippen LogP contribution is 2.08. The molecule has 0 aromatic rings. The minimum Gasteiger partial charge on any atom is -0.247 e. The Kier molecular flexibility index (Phi) is 1.35. The van der Waals surface area contributed by atoms with E-state index in [9.17, 15) is 0 Å². The zero-order valence-corrected chi connectivity index (χ0v) is 5.72. The molecule has 1 aliphatic rings. The zero-order valence-electron chi connectivity index (χ0n) is 4.13. The molecule has 3 heteroatoms. The van der Waals surface area contributed by atoms with Gasteiger partial charge in [-0.1, -0.05) is 6.08 Å². The minimum atomic E-state index is 1.01. The van der Waals surface area contributed by atoms with E-state index in [2.05, 4.69) is 22.2 Å². The molecular weight excluding hydrogens is 156 g/mol. The van der Waals surface area contributed by atoms with Gasteiger partial charge in [-0.25, -0.2) is 9.04 Å². The number of halogens is 1. The number of hydrogen-bond donors (Lipinski definition) is 0. The molecule has 0 aromatic carbocycles. The summed E-state index contributed by atoms with van der Waals surface area (Å²) >= 11 is 3.28. The van der Waals surface area contributed by atoms with Crippen molar-refractivity contribution in [2.24, 2.45) is 0 Å². The smallest absolute Gasteiger partial charge is 0.0667 e. The van der Waals surface area contributed by atoms with Crippen LogP contribution in [0.15, 0.2) is 12.3 Å². The summed E-state index contributed by atoms with van der Waals surface area (Å²) in [6, 6.07) is 0. The van der Waals surface area contributed by atoms with Crippen molar-refractivity contribution in [2.45, 2.75) is 0 Å². The molecular formula is C4H7BrN2. The molecule has 0 aromatic heterocycles. The number of hydrogen-bond acceptors (Lipinski definition) is 2. The maximum Gasteiger partial charge on any atom is 0.0667 e. The average molecular weight is 163 g/mol. The maximum atomic E-state index is 3.28. The lowest BCUT2D eigenvalue weighted by Gasteiger charge is -2.15. The first kappa shape index (κ1) is 5.12. The lowest BCUT2D eigenvalue weighted by Crippen LogP contribution is -2.22. The molecule has 0 saturated heterocycles. The van der Waals surface area contributed by atoms with Gasteiger partial charge in [0.1, 0.15) is 0 Å². The fourth-order valence-electron chi connectivity index (χ4n) is 0.478. The van der Waals surface area contributed by atoms with Crippen molar-refractivity contribution in [1.29, 1.82) is 0 Å². The van der Waals surface area contributed by atoms with E-state index in [0.717, 1.165) is 6.54 Å². The lowest BCUT2D eigenvalue weighted by molar-refractivity contribution is 0.211. The van der Waals surface area contributed by atoms with Crippen molar-refractivity contribution in [3.05, 3.63) is 12.3 Å². The van der Waals surface area contributed by atoms with Gasteiger partial charge in [-0.3, -0.25) is 0 Å². The van der Waals surface area contributed by atoms with Crippen LogP contribution < -0.4 is 0 Å². The van der Waals surface area contributed by atoms with Gasteiger partial charge in [0.15, 0.2) is 0 Å². The Hall–Kier alpha value is -0.0200. The predicted octanol–water partition coefficient (Wildman–Crippen LogP) is 0.972. The predicted molar refractivity (Wildman–Crippen MR) is 32.5 cm³/mol. The number of hydrazine groups is 1. The molecule has 0 amide bonds. The van der Waals surface area contributed by atoms with E-state index in [4.69, 9.17) is 0 Å². The molecule has 2 nitrogen and oxygen atoms in total. The highest BCUT2D eigenvalue weighted by atomic mass is 79.9. The normalized spacial score (nSPS) is 21.7. The molecule has 1 heterocycles. The third-order valence-corrected chi connectivity index (χ3v) is 1.70. The molecule has 0 N–H and O–H groups in total. The second-order valence-corrected chi connectivity index (χ2v) is 2.24. The van der Waals surface area contributed by atoms with Gasteiger partial charge >= 0.3 is 0 Å². The molecule has 1 rings (SSSR count). The first-order chi connectivity index (χ1) is 3.30. The summed E-state index contributed by atoms with van der Waals surface area (Å²) in [7, 11) is 2.01. The molecule has 0 spiro atoms. The SMILES string of the molecule is CN1CC=CN1Br. The highest BCUT2D eigenvalue weighted by Gasteiger charge is 2.04. The van der Waals surface area contributed by atoms with E-state index in [0.29, 0.717) is 0 Å². The van der Waals surface area contributed by atoms with Gasteiger partial charge in [-0.05, 0) is 0 Å². The van der Waals surface area contributed by atoms with E-state index in [1.807, 2.05) is 22.3 Å². The van der Waals surface area contributed by atoms with E-state index in [1.54, 1.807) is 0 Å². The summed E-state index contributed by atoms with van der Waals surface area (Å²) in [5.41, 5.74) is 0. The third kappa shape index (κ3) is 0.951. The van der Waals surface area contributed by atoms with E-state index in [1.165, 1.54) is 0 Å². The molecule has 0 saturated carbocycles. The van der Waals surface area contributed by atoms with Crippen molar-refractivity contribution in [1.82, 2.24) is 9.04 Å². The maximum absolute atomic E-state index is 3.28. The molecule has 0 fully saturated rings. The van der Waals surface area contributed by atoms with Crippen molar-refractivity contribution in [3.63, 3.8) is 0 Å². The Morgan fingerprint density at radius 3 is 2.57 bits per heavy atom. The van der Waals surface area contributed by atoms with Gasteiger partial charge in [0.05, 0.1) is 16.1 Å². The fourth-order valence-corrected chi connectivity index (χ4v) is 0.775. The number of likely N-dealkylation sites (N-methyl/N-ethyl adjacent to an activating group) is 1. The zero-order chi connectivity index (χ0) is 5.28. The van der Waals surface area contributed by atoms with Gasteiger partial charge in [-0.2, -0.15) is 0 Å². The second kappa shape index (κ2) is 1.84. The lowest BCUT2D eigenvalue weighted by atomic mass is 10.6. The quantitative estimate of drug-likeness (QED) is 0.491. The van der Waals surface area contributed by atoms with E-state index in [-0.39, 0.29) is 0 Å². The van der Waals surface area contributed by atoms with E-state index < -0.39 is 0 Å². The van der Waals surface area contributed by atoms with Crippen molar-refractivity contribution in [2.75, 3.05) is 13.6 Å². The van der Waals surface area contributed by atoms with E-state index >= 15 is 0 Å². The Morgan fingerprint density at radius 2 is 2.43 bits per heavy atom. The van der Waals surface area contributed by atoms with Crippen LogP contribution >= 0.6 is 16.1 Å². The summed E-state index contributed by atoms with van der Waals surface area (Å²) in [5, 5.41) is 2.04. The van der Waals surface area contributed by atoms with Gasteiger partial charge in [0.25, 0.3) is 0 Å². The Bertz CT molecular complexity index is 91.7. The van der Waals surface area contributed by atoms with Crippen molar-refractivity contribution >= 4 is 16.1 Å². The largest absolute Gasteiger partial charge is 0.247 e. The standard InChI is InChI=1S/C4H7BrN2/c1-6-3-2-4-7(6)5/h2,4H,3H2,1H3. The van der Waals surface area contributed by atoms with Crippen LogP contribution in [0.3, 0.4) is 0 Å². The van der Waals surface area contributed by atoms with Crippen LogP contribution in [0.4, 0.5) is 0 Å². The highest BCUT2D eigenvalue weighted by molar-refractivity contribution is 9.07. The molecule has 0 atom stereocenters. The summed E-state index contributed by atoms with van der Waals surface area (Å²) in [5.74, 6) is 0. The Labute approximate surface area is 51.7 Å². The summed E-state index contributed by atoms with van der Waals surface area (Å²) in [6.07, 6.45) is 4.05. The monoisotopic (exact) mass is 162 g/mol. The molecule has 7 heavy (non-hydrogen) atoms. The minimum absolute atomic E-state index is 1.01. The first-order valence-corrected chi connectivity index (χ1v) is 2.84. The molecule has 0 unspecified atom stereocenters. The Morgan fingerprint density at radius 1 is 1.71 bits per heavy atom. The molecule has 0 radical (unpaired) electrons. The fraction of sp³-hybridized carbons (Fsp3) is 0.500. The average Bonchev–Trinajstić information content (AvgIpc) is 1.91. The molecule has 40 valence electrons. The van der Waals surface area contributed by atoms with Crippen LogP contribution in [0.5, 0.6) is 0 Å².